The highest BCUT2D eigenvalue weighted by molar-refractivity contribution is 5.99. The Morgan fingerprint density at radius 1 is 0.900 bits per heavy atom. The summed E-state index contributed by atoms with van der Waals surface area (Å²) < 4.78 is 3.56. The lowest BCUT2D eigenvalue weighted by atomic mass is 10.0. The summed E-state index contributed by atoms with van der Waals surface area (Å²) in [5.74, 6) is 0.956. The van der Waals surface area contributed by atoms with Gasteiger partial charge in [-0.05, 0) is 36.8 Å². The molecule has 0 saturated carbocycles. The molecule has 2 amide bonds. The van der Waals surface area contributed by atoms with Crippen LogP contribution in [0.15, 0.2) is 67.5 Å². The van der Waals surface area contributed by atoms with Gasteiger partial charge in [-0.2, -0.15) is 10.2 Å². The van der Waals surface area contributed by atoms with Crippen molar-refractivity contribution in [3.05, 3.63) is 78.8 Å². The molecule has 204 valence electrons. The van der Waals surface area contributed by atoms with E-state index >= 15 is 0 Å². The summed E-state index contributed by atoms with van der Waals surface area (Å²) in [5.41, 5.74) is 7.50. The van der Waals surface area contributed by atoms with Gasteiger partial charge in [0.15, 0.2) is 0 Å². The summed E-state index contributed by atoms with van der Waals surface area (Å²) in [6, 6.07) is 10.2. The number of amides is 2. The number of rotatable bonds is 6. The highest BCUT2D eigenvalue weighted by atomic mass is 16.2. The number of urea groups is 1. The van der Waals surface area contributed by atoms with Gasteiger partial charge >= 0.3 is 6.03 Å². The van der Waals surface area contributed by atoms with Crippen LogP contribution in [0, 0.1) is 6.92 Å². The van der Waals surface area contributed by atoms with E-state index in [0.29, 0.717) is 5.69 Å². The fourth-order valence-electron chi connectivity index (χ4n) is 5.06. The topological polar surface area (TPSA) is 109 Å². The molecule has 6 rings (SSSR count). The molecule has 0 atom stereocenters. The largest absolute Gasteiger partial charge is 0.354 e. The maximum atomic E-state index is 12.1. The summed E-state index contributed by atoms with van der Waals surface area (Å²) in [5, 5.41) is 14.3. The average molecular weight is 537 g/mol. The fraction of sp³-hybridized carbons (Fsp3) is 0.276. The van der Waals surface area contributed by atoms with Gasteiger partial charge in [-0.3, -0.25) is 14.6 Å². The van der Waals surface area contributed by atoms with E-state index in [4.69, 9.17) is 4.98 Å². The molecule has 0 aromatic carbocycles. The minimum absolute atomic E-state index is 0.302. The molecule has 0 aliphatic carbocycles. The van der Waals surface area contributed by atoms with Gasteiger partial charge in [0.05, 0.1) is 23.6 Å². The zero-order valence-corrected chi connectivity index (χ0v) is 22.9. The molecule has 5 aromatic heterocycles. The van der Waals surface area contributed by atoms with E-state index in [9.17, 15) is 4.79 Å². The fourth-order valence-corrected chi connectivity index (χ4v) is 5.06. The number of hydrogen-bond acceptors (Lipinski definition) is 7. The highest BCUT2D eigenvalue weighted by Gasteiger charge is 2.20. The normalized spacial score (nSPS) is 14.0. The van der Waals surface area contributed by atoms with Crippen molar-refractivity contribution in [1.82, 2.24) is 39.6 Å². The van der Waals surface area contributed by atoms with Crippen molar-refractivity contribution < 1.29 is 4.79 Å². The molecular weight excluding hydrogens is 504 g/mol. The molecular formula is C29H32N10O. The van der Waals surface area contributed by atoms with Crippen molar-refractivity contribution in [3.63, 3.8) is 0 Å². The van der Waals surface area contributed by atoms with Gasteiger partial charge in [0.1, 0.15) is 5.82 Å². The van der Waals surface area contributed by atoms with E-state index in [-0.39, 0.29) is 6.03 Å². The third kappa shape index (κ3) is 5.23. The number of anilines is 2. The third-order valence-corrected chi connectivity index (χ3v) is 7.26. The Labute approximate surface area is 232 Å². The second-order valence-corrected chi connectivity index (χ2v) is 10.1. The van der Waals surface area contributed by atoms with E-state index in [0.717, 1.165) is 72.0 Å². The molecule has 1 fully saturated rings. The van der Waals surface area contributed by atoms with Crippen LogP contribution in [0.4, 0.5) is 16.3 Å². The zero-order chi connectivity index (χ0) is 27.6. The number of piperazine rings is 1. The molecule has 0 bridgehead atoms. The van der Waals surface area contributed by atoms with Gasteiger partial charge < -0.3 is 15.5 Å². The first-order valence-corrected chi connectivity index (χ1v) is 13.3. The molecule has 1 saturated heterocycles. The van der Waals surface area contributed by atoms with Gasteiger partial charge in [0.25, 0.3) is 0 Å². The first-order valence-electron chi connectivity index (χ1n) is 13.3. The van der Waals surface area contributed by atoms with Crippen LogP contribution in [0.3, 0.4) is 0 Å². The van der Waals surface area contributed by atoms with E-state index in [1.165, 1.54) is 5.56 Å². The number of aryl methyl sites for hydroxylation is 2. The second-order valence-electron chi connectivity index (χ2n) is 10.1. The Morgan fingerprint density at radius 2 is 1.75 bits per heavy atom. The maximum Gasteiger partial charge on any atom is 0.319 e. The predicted molar refractivity (Wildman–Crippen MR) is 155 cm³/mol. The van der Waals surface area contributed by atoms with Crippen molar-refractivity contribution in [1.29, 1.82) is 0 Å². The Kier molecular flexibility index (Phi) is 6.87. The van der Waals surface area contributed by atoms with Crippen molar-refractivity contribution >= 4 is 23.1 Å². The minimum Gasteiger partial charge on any atom is -0.354 e. The molecule has 0 spiro atoms. The van der Waals surface area contributed by atoms with Crippen LogP contribution >= 0.6 is 0 Å². The smallest absolute Gasteiger partial charge is 0.319 e. The quantitative estimate of drug-likeness (QED) is 0.342. The molecule has 11 nitrogen and oxygen atoms in total. The first kappa shape index (κ1) is 25.5. The summed E-state index contributed by atoms with van der Waals surface area (Å²) in [6.45, 7) is 6.68. The second kappa shape index (κ2) is 10.8. The number of pyridine rings is 3. The number of fused-ring (bicyclic) bond motifs is 1. The Bertz CT molecular complexity index is 1630. The van der Waals surface area contributed by atoms with E-state index < -0.39 is 0 Å². The standard InChI is InChI=1S/C29H32N10O/c1-20-4-5-21(13-31-20)17-37-8-10-38(11-9-37)27-7-6-22(14-32-27)25-12-23(24-15-33-36(3)18-24)19-39-28(25)26(16-34-39)35-29(40)30-2/h4-7,12-16,18-19H,8-11,17H2,1-3H3,(H2,30,35,40). The van der Waals surface area contributed by atoms with Crippen molar-refractivity contribution in [3.8, 4) is 22.3 Å². The number of nitrogens with one attached hydrogen (secondary N) is 2. The van der Waals surface area contributed by atoms with Crippen LogP contribution in [-0.4, -0.2) is 73.5 Å². The van der Waals surface area contributed by atoms with Crippen LogP contribution in [-0.2, 0) is 13.6 Å². The number of aromatic nitrogens is 6. The third-order valence-electron chi connectivity index (χ3n) is 7.26. The number of nitrogens with zero attached hydrogens (tertiary/aromatic N) is 8. The van der Waals surface area contributed by atoms with E-state index in [2.05, 4.69) is 65.9 Å². The van der Waals surface area contributed by atoms with Crippen LogP contribution in [0.25, 0.3) is 27.8 Å². The summed E-state index contributed by atoms with van der Waals surface area (Å²) in [6.07, 6.45) is 11.3. The van der Waals surface area contributed by atoms with Crippen LogP contribution in [0.2, 0.25) is 0 Å². The average Bonchev–Trinajstić information content (AvgIpc) is 3.60. The van der Waals surface area contributed by atoms with Crippen LogP contribution < -0.4 is 15.5 Å². The SMILES string of the molecule is CNC(=O)Nc1cnn2cc(-c3cnn(C)c3)cc(-c3ccc(N4CCN(Cc5ccc(C)nc5)CC4)nc3)c12. The lowest BCUT2D eigenvalue weighted by Gasteiger charge is -2.35. The molecule has 1 aliphatic heterocycles. The van der Waals surface area contributed by atoms with Crippen molar-refractivity contribution in [2.24, 2.45) is 7.05 Å². The monoisotopic (exact) mass is 536 g/mol. The number of carbonyl (C=O) groups is 1. The first-order chi connectivity index (χ1) is 19.5. The maximum absolute atomic E-state index is 12.1. The number of carbonyl (C=O) groups excluding carboxylic acids is 1. The lowest BCUT2D eigenvalue weighted by molar-refractivity contribution is 0.249. The molecule has 0 radical (unpaired) electrons. The van der Waals surface area contributed by atoms with Gasteiger partial charge in [-0.25, -0.2) is 14.3 Å². The summed E-state index contributed by atoms with van der Waals surface area (Å²) in [4.78, 5) is 26.2. The van der Waals surface area contributed by atoms with Gasteiger partial charge in [0.2, 0.25) is 0 Å². The molecule has 11 heteroatoms. The van der Waals surface area contributed by atoms with Gasteiger partial charge in [-0.15, -0.1) is 0 Å². The predicted octanol–water partition coefficient (Wildman–Crippen LogP) is 3.57. The Hall–Kier alpha value is -4.77. The summed E-state index contributed by atoms with van der Waals surface area (Å²) >= 11 is 0. The van der Waals surface area contributed by atoms with Gasteiger partial charge in [0, 0.05) is 99.6 Å². The summed E-state index contributed by atoms with van der Waals surface area (Å²) in [7, 11) is 3.48. The van der Waals surface area contributed by atoms with E-state index in [1.807, 2.05) is 45.0 Å². The molecule has 2 N–H and O–H groups in total. The van der Waals surface area contributed by atoms with Crippen LogP contribution in [0.5, 0.6) is 0 Å². The van der Waals surface area contributed by atoms with Crippen LogP contribution in [0.1, 0.15) is 11.3 Å². The van der Waals surface area contributed by atoms with Gasteiger partial charge in [-0.1, -0.05) is 6.07 Å². The number of hydrogen-bond donors (Lipinski definition) is 2. The zero-order valence-electron chi connectivity index (χ0n) is 22.9. The Balaban J connectivity index is 1.25. The Morgan fingerprint density at radius 3 is 2.42 bits per heavy atom. The molecule has 1 aliphatic rings. The highest BCUT2D eigenvalue weighted by Crippen LogP contribution is 2.34. The lowest BCUT2D eigenvalue weighted by Crippen LogP contribution is -2.46. The molecule has 40 heavy (non-hydrogen) atoms. The minimum atomic E-state index is -0.302. The van der Waals surface area contributed by atoms with E-state index in [1.54, 1.807) is 22.4 Å². The molecule has 0 unspecified atom stereocenters. The van der Waals surface area contributed by atoms with Crippen molar-refractivity contribution in [2.75, 3.05) is 43.4 Å². The molecule has 5 aromatic rings. The molecule has 6 heterocycles. The van der Waals surface area contributed by atoms with Crippen molar-refractivity contribution in [2.45, 2.75) is 13.5 Å².